The van der Waals surface area contributed by atoms with Crippen LogP contribution in [0, 0.1) is 0 Å². The number of carbonyl (C=O) groups is 4. The Morgan fingerprint density at radius 3 is 2.47 bits per heavy atom. The molecule has 4 aromatic rings. The summed E-state index contributed by atoms with van der Waals surface area (Å²) in [7, 11) is 1.37. The predicted octanol–water partition coefficient (Wildman–Crippen LogP) is 7.71. The molecule has 0 radical (unpaired) electrons. The molecule has 0 spiro atoms. The Balaban J connectivity index is 1.30. The number of nitrogens with one attached hydrogen (secondary N) is 3. The zero-order valence-electron chi connectivity index (χ0n) is 26.3. The molecule has 0 fully saturated rings. The summed E-state index contributed by atoms with van der Waals surface area (Å²) in [6.45, 7) is 1.93. The average Bonchev–Trinajstić information content (AvgIpc) is 3.70. The third kappa shape index (κ3) is 8.81. The van der Waals surface area contributed by atoms with Crippen molar-refractivity contribution in [2.24, 2.45) is 0 Å². The second-order valence-corrected chi connectivity index (χ2v) is 13.4. The van der Waals surface area contributed by atoms with Crippen LogP contribution in [0.25, 0.3) is 6.08 Å². The monoisotopic (exact) mass is 671 g/mol. The number of fused-ring (bicyclic) bond motifs is 1. The van der Waals surface area contributed by atoms with Gasteiger partial charge in [-0.2, -0.15) is 0 Å². The minimum Gasteiger partial charge on any atom is -0.465 e. The SMILES string of the molecule is CCC(Sc1cccc(NC(=O)/C(=C/c2ccco2)NC(=O)c2ccccc2)c1)C(=O)Nc1sc2c(c1C(=O)OC)CCCCCC2. The van der Waals surface area contributed by atoms with E-state index in [1.54, 1.807) is 60.7 Å². The fraction of sp³-hybridized carbons (Fsp3) is 0.278. The van der Waals surface area contributed by atoms with Crippen LogP contribution in [0.4, 0.5) is 10.7 Å². The number of benzene rings is 2. The van der Waals surface area contributed by atoms with Crippen LogP contribution in [0.1, 0.15) is 75.9 Å². The molecule has 0 saturated heterocycles. The van der Waals surface area contributed by atoms with Crippen LogP contribution in [0.15, 0.2) is 88.0 Å². The molecule has 1 unspecified atom stereocenters. The first-order valence-corrected chi connectivity index (χ1v) is 17.3. The van der Waals surface area contributed by atoms with E-state index in [9.17, 15) is 19.2 Å². The van der Waals surface area contributed by atoms with Crippen LogP contribution in [-0.4, -0.2) is 36.1 Å². The van der Waals surface area contributed by atoms with Crippen molar-refractivity contribution in [1.82, 2.24) is 5.32 Å². The summed E-state index contributed by atoms with van der Waals surface area (Å²) in [5.41, 5.74) is 2.37. The van der Waals surface area contributed by atoms with E-state index in [0.29, 0.717) is 34.0 Å². The number of rotatable bonds is 11. The molecule has 47 heavy (non-hydrogen) atoms. The number of amides is 3. The van der Waals surface area contributed by atoms with Crippen molar-refractivity contribution in [3.63, 3.8) is 0 Å². The van der Waals surface area contributed by atoms with E-state index in [2.05, 4.69) is 16.0 Å². The molecular formula is C36H37N3O6S2. The largest absolute Gasteiger partial charge is 0.465 e. The normalized spacial score (nSPS) is 13.8. The van der Waals surface area contributed by atoms with Crippen LogP contribution in [0.2, 0.25) is 0 Å². The second kappa shape index (κ2) is 16.3. The maximum Gasteiger partial charge on any atom is 0.341 e. The Kier molecular flexibility index (Phi) is 11.7. The Morgan fingerprint density at radius 1 is 0.957 bits per heavy atom. The number of anilines is 2. The molecule has 2 aromatic heterocycles. The lowest BCUT2D eigenvalue weighted by Crippen LogP contribution is -2.30. The predicted molar refractivity (Wildman–Crippen MR) is 186 cm³/mol. The zero-order chi connectivity index (χ0) is 33.2. The fourth-order valence-electron chi connectivity index (χ4n) is 5.31. The highest BCUT2D eigenvalue weighted by Gasteiger charge is 2.28. The van der Waals surface area contributed by atoms with Gasteiger partial charge in [0.2, 0.25) is 5.91 Å². The van der Waals surface area contributed by atoms with Gasteiger partial charge in [0, 0.05) is 27.1 Å². The highest BCUT2D eigenvalue weighted by Crippen LogP contribution is 2.38. The summed E-state index contributed by atoms with van der Waals surface area (Å²) in [5.74, 6) is -1.21. The maximum atomic E-state index is 13.6. The lowest BCUT2D eigenvalue weighted by molar-refractivity contribution is -0.116. The van der Waals surface area contributed by atoms with Gasteiger partial charge >= 0.3 is 5.97 Å². The van der Waals surface area contributed by atoms with Gasteiger partial charge in [-0.3, -0.25) is 14.4 Å². The molecule has 1 atom stereocenters. The van der Waals surface area contributed by atoms with Crippen molar-refractivity contribution in [1.29, 1.82) is 0 Å². The van der Waals surface area contributed by atoms with E-state index in [4.69, 9.17) is 9.15 Å². The minimum absolute atomic E-state index is 0.00383. The smallest absolute Gasteiger partial charge is 0.341 e. The molecular weight excluding hydrogens is 635 g/mol. The van der Waals surface area contributed by atoms with E-state index in [1.165, 1.54) is 42.5 Å². The van der Waals surface area contributed by atoms with Gasteiger partial charge in [0.15, 0.2) is 0 Å². The number of furan rings is 1. The number of aryl methyl sites for hydroxylation is 1. The molecule has 0 aliphatic heterocycles. The lowest BCUT2D eigenvalue weighted by Gasteiger charge is -2.16. The van der Waals surface area contributed by atoms with Crippen LogP contribution in [-0.2, 0) is 27.2 Å². The van der Waals surface area contributed by atoms with Crippen molar-refractivity contribution in [2.45, 2.75) is 62.0 Å². The van der Waals surface area contributed by atoms with Crippen LogP contribution in [0.3, 0.4) is 0 Å². The number of methoxy groups -OCH3 is 1. The first-order chi connectivity index (χ1) is 22.9. The summed E-state index contributed by atoms with van der Waals surface area (Å²) < 4.78 is 10.5. The Bertz CT molecular complexity index is 1750. The van der Waals surface area contributed by atoms with E-state index in [1.807, 2.05) is 13.0 Å². The first kappa shape index (κ1) is 33.7. The molecule has 3 amide bonds. The molecule has 0 saturated carbocycles. The van der Waals surface area contributed by atoms with Gasteiger partial charge in [0.25, 0.3) is 11.8 Å². The number of esters is 1. The third-order valence-electron chi connectivity index (χ3n) is 7.69. The standard InChI is InChI=1S/C36H37N3O6S2/c1-3-29(34(42)39-35-31(36(43)44-2)27-18-9-4-5-10-19-30(27)47-35)46-26-17-11-15-24(21-26)37-33(41)28(22-25-16-12-20-45-25)38-32(40)23-13-7-6-8-14-23/h6-8,11-17,20-22,29H,3-5,9-10,18-19H2,1-2H3,(H,37,41)(H,38,40)(H,39,42)/b28-22-. The summed E-state index contributed by atoms with van der Waals surface area (Å²) >= 11 is 2.84. The van der Waals surface area contributed by atoms with Gasteiger partial charge in [0.1, 0.15) is 16.5 Å². The maximum absolute atomic E-state index is 13.6. The molecule has 1 aliphatic rings. The number of hydrogen-bond acceptors (Lipinski definition) is 8. The minimum atomic E-state index is -0.541. The van der Waals surface area contributed by atoms with Crippen LogP contribution >= 0.6 is 23.1 Å². The highest BCUT2D eigenvalue weighted by atomic mass is 32.2. The quantitative estimate of drug-likeness (QED) is 0.0847. The third-order valence-corrected chi connectivity index (χ3v) is 10.3. The van der Waals surface area contributed by atoms with Crippen LogP contribution < -0.4 is 16.0 Å². The van der Waals surface area contributed by atoms with Crippen molar-refractivity contribution in [3.05, 3.63) is 106 Å². The summed E-state index contributed by atoms with van der Waals surface area (Å²) in [4.78, 5) is 54.6. The van der Waals surface area contributed by atoms with Crippen molar-refractivity contribution in [3.8, 4) is 0 Å². The number of ether oxygens (including phenoxy) is 1. The van der Waals surface area contributed by atoms with Gasteiger partial charge in [-0.25, -0.2) is 4.79 Å². The van der Waals surface area contributed by atoms with Crippen molar-refractivity contribution in [2.75, 3.05) is 17.7 Å². The molecule has 11 heteroatoms. The molecule has 0 bridgehead atoms. The summed E-state index contributed by atoms with van der Waals surface area (Å²) in [6, 6.07) is 19.1. The molecule has 9 nitrogen and oxygen atoms in total. The molecule has 3 N–H and O–H groups in total. The van der Waals surface area contributed by atoms with Gasteiger partial charge in [-0.1, -0.05) is 44.0 Å². The molecule has 2 aromatic carbocycles. The van der Waals surface area contributed by atoms with Gasteiger partial charge in [-0.15, -0.1) is 23.1 Å². The lowest BCUT2D eigenvalue weighted by atomic mass is 9.96. The fourth-order valence-corrected chi connectivity index (χ4v) is 7.60. The van der Waals surface area contributed by atoms with Gasteiger partial charge < -0.3 is 25.1 Å². The number of thiophene rings is 1. The number of carbonyl (C=O) groups excluding carboxylic acids is 4. The van der Waals surface area contributed by atoms with E-state index in [0.717, 1.165) is 53.9 Å². The Hall–Kier alpha value is -4.61. The van der Waals surface area contributed by atoms with E-state index < -0.39 is 23.0 Å². The highest BCUT2D eigenvalue weighted by molar-refractivity contribution is 8.00. The number of hydrogen-bond donors (Lipinski definition) is 3. The molecule has 1 aliphatic carbocycles. The van der Waals surface area contributed by atoms with Crippen molar-refractivity contribution < 1.29 is 28.3 Å². The molecule has 244 valence electrons. The Labute approximate surface area is 282 Å². The van der Waals surface area contributed by atoms with E-state index in [-0.39, 0.29) is 11.6 Å². The molecule has 2 heterocycles. The van der Waals surface area contributed by atoms with Crippen molar-refractivity contribution >= 4 is 63.6 Å². The zero-order valence-corrected chi connectivity index (χ0v) is 27.9. The summed E-state index contributed by atoms with van der Waals surface area (Å²) in [6.07, 6.45) is 9.49. The first-order valence-electron chi connectivity index (χ1n) is 15.6. The molecule has 5 rings (SSSR count). The van der Waals surface area contributed by atoms with E-state index >= 15 is 0 Å². The number of thioether (sulfide) groups is 1. The summed E-state index contributed by atoms with van der Waals surface area (Å²) in [5, 5.41) is 8.66. The average molecular weight is 672 g/mol. The van der Waals surface area contributed by atoms with Gasteiger partial charge in [0.05, 0.1) is 24.2 Å². The Morgan fingerprint density at radius 2 is 1.74 bits per heavy atom. The second-order valence-electron chi connectivity index (χ2n) is 11.0. The van der Waals surface area contributed by atoms with Gasteiger partial charge in [-0.05, 0) is 80.1 Å². The van der Waals surface area contributed by atoms with Crippen LogP contribution in [0.5, 0.6) is 0 Å². The topological polar surface area (TPSA) is 127 Å².